The van der Waals surface area contributed by atoms with E-state index in [9.17, 15) is 12.8 Å². The summed E-state index contributed by atoms with van der Waals surface area (Å²) in [4.78, 5) is 2.06. The van der Waals surface area contributed by atoms with Crippen molar-refractivity contribution in [2.75, 3.05) is 26.2 Å². The van der Waals surface area contributed by atoms with E-state index in [4.69, 9.17) is 5.26 Å². The number of hydrogen-bond acceptors (Lipinski definition) is 4. The van der Waals surface area contributed by atoms with E-state index in [-0.39, 0.29) is 16.3 Å². The number of piperazine rings is 1. The molecule has 1 aliphatic rings. The number of hydrogen-bond donors (Lipinski definition) is 0. The van der Waals surface area contributed by atoms with Crippen molar-refractivity contribution < 1.29 is 12.8 Å². The van der Waals surface area contributed by atoms with Crippen molar-refractivity contribution >= 4 is 26.0 Å². The normalized spacial score (nSPS) is 16.3. The van der Waals surface area contributed by atoms with Crippen LogP contribution in [-0.4, -0.2) is 43.8 Å². The second-order valence-electron chi connectivity index (χ2n) is 6.02. The van der Waals surface area contributed by atoms with E-state index in [1.165, 1.54) is 22.5 Å². The smallest absolute Gasteiger partial charge is 0.244 e. The molecule has 8 heteroatoms. The lowest BCUT2D eigenvalue weighted by atomic mass is 10.2. The summed E-state index contributed by atoms with van der Waals surface area (Å²) in [7, 11) is -3.71. The molecule has 2 aromatic carbocycles. The molecule has 0 atom stereocenters. The minimum Gasteiger partial charge on any atom is -0.296 e. The van der Waals surface area contributed by atoms with E-state index < -0.39 is 10.0 Å². The Labute approximate surface area is 160 Å². The molecule has 0 spiro atoms. The Morgan fingerprint density at radius 1 is 1.12 bits per heavy atom. The average molecular weight is 438 g/mol. The highest BCUT2D eigenvalue weighted by atomic mass is 79.9. The lowest BCUT2D eigenvalue weighted by Gasteiger charge is -2.34. The van der Waals surface area contributed by atoms with Gasteiger partial charge in [-0.3, -0.25) is 4.90 Å². The summed E-state index contributed by atoms with van der Waals surface area (Å²) >= 11 is 3.24. The van der Waals surface area contributed by atoms with Crippen LogP contribution in [0.25, 0.3) is 0 Å². The fourth-order valence-electron chi connectivity index (χ4n) is 2.94. The summed E-state index contributed by atoms with van der Waals surface area (Å²) in [6.45, 7) is 2.05. The Hall–Kier alpha value is -1.79. The summed E-state index contributed by atoms with van der Waals surface area (Å²) in [6.07, 6.45) is 0. The van der Waals surface area contributed by atoms with Crippen LogP contribution in [0.2, 0.25) is 0 Å². The van der Waals surface area contributed by atoms with Gasteiger partial charge in [-0.25, -0.2) is 12.8 Å². The molecule has 1 aliphatic heterocycles. The van der Waals surface area contributed by atoms with Gasteiger partial charge in [0.1, 0.15) is 11.9 Å². The van der Waals surface area contributed by atoms with Crippen molar-refractivity contribution in [3.63, 3.8) is 0 Å². The van der Waals surface area contributed by atoms with Gasteiger partial charge in [0.25, 0.3) is 0 Å². The number of nitriles is 1. The first kappa shape index (κ1) is 19.0. The predicted molar refractivity (Wildman–Crippen MR) is 99.3 cm³/mol. The van der Waals surface area contributed by atoms with Gasteiger partial charge in [0.2, 0.25) is 10.0 Å². The van der Waals surface area contributed by atoms with Crippen molar-refractivity contribution in [1.29, 1.82) is 5.26 Å². The van der Waals surface area contributed by atoms with Crippen LogP contribution in [0.3, 0.4) is 0 Å². The summed E-state index contributed by atoms with van der Waals surface area (Å²) in [5.74, 6) is -0.280. The molecule has 0 aromatic heterocycles. The molecule has 1 fully saturated rings. The molecule has 26 heavy (non-hydrogen) atoms. The zero-order valence-corrected chi connectivity index (χ0v) is 16.3. The van der Waals surface area contributed by atoms with E-state index in [1.54, 1.807) is 24.3 Å². The SMILES string of the molecule is N#Cc1ccccc1S(=O)(=O)N1CCN(Cc2ccc(Br)cc2F)CC1. The van der Waals surface area contributed by atoms with Gasteiger partial charge < -0.3 is 0 Å². The molecule has 0 radical (unpaired) electrons. The van der Waals surface area contributed by atoms with Crippen LogP contribution in [0.5, 0.6) is 0 Å². The number of nitrogens with zero attached hydrogens (tertiary/aromatic N) is 3. The number of sulfonamides is 1. The lowest BCUT2D eigenvalue weighted by Crippen LogP contribution is -2.48. The van der Waals surface area contributed by atoms with E-state index in [0.717, 1.165) is 0 Å². The highest BCUT2D eigenvalue weighted by Crippen LogP contribution is 2.22. The standard InChI is InChI=1S/C18H17BrFN3O2S/c19-16-6-5-15(17(20)11-16)13-22-7-9-23(10-8-22)26(24,25)18-4-2-1-3-14(18)12-21/h1-6,11H,7-10,13H2. The Morgan fingerprint density at radius 2 is 1.81 bits per heavy atom. The van der Waals surface area contributed by atoms with Crippen molar-refractivity contribution in [3.05, 3.63) is 63.9 Å². The van der Waals surface area contributed by atoms with Crippen molar-refractivity contribution in [2.24, 2.45) is 0 Å². The second-order valence-corrected chi connectivity index (χ2v) is 8.85. The van der Waals surface area contributed by atoms with Gasteiger partial charge in [-0.1, -0.05) is 34.1 Å². The number of rotatable bonds is 4. The molecule has 0 saturated carbocycles. The summed E-state index contributed by atoms with van der Waals surface area (Å²) in [5.41, 5.74) is 0.728. The van der Waals surface area contributed by atoms with Crippen LogP contribution in [0.1, 0.15) is 11.1 Å². The maximum atomic E-state index is 14.0. The molecule has 0 unspecified atom stereocenters. The molecular weight excluding hydrogens is 421 g/mol. The van der Waals surface area contributed by atoms with Gasteiger partial charge in [-0.05, 0) is 24.3 Å². The Morgan fingerprint density at radius 3 is 2.46 bits per heavy atom. The highest BCUT2D eigenvalue weighted by Gasteiger charge is 2.30. The van der Waals surface area contributed by atoms with Gasteiger partial charge in [-0.2, -0.15) is 9.57 Å². The molecule has 1 heterocycles. The molecule has 1 saturated heterocycles. The second kappa shape index (κ2) is 7.84. The largest absolute Gasteiger partial charge is 0.296 e. The molecule has 0 aliphatic carbocycles. The van der Waals surface area contributed by atoms with Crippen molar-refractivity contribution in [3.8, 4) is 6.07 Å². The van der Waals surface area contributed by atoms with E-state index in [0.29, 0.717) is 42.8 Å². The molecule has 3 rings (SSSR count). The Balaban J connectivity index is 1.69. The van der Waals surface area contributed by atoms with E-state index in [1.807, 2.05) is 11.0 Å². The van der Waals surface area contributed by atoms with Crippen LogP contribution in [0.4, 0.5) is 4.39 Å². The third-order valence-electron chi connectivity index (χ3n) is 4.37. The topological polar surface area (TPSA) is 64.4 Å². The van der Waals surface area contributed by atoms with Crippen LogP contribution in [0, 0.1) is 17.1 Å². The Kier molecular flexibility index (Phi) is 5.73. The van der Waals surface area contributed by atoms with Crippen molar-refractivity contribution in [2.45, 2.75) is 11.4 Å². The molecule has 0 amide bonds. The molecule has 5 nitrogen and oxygen atoms in total. The highest BCUT2D eigenvalue weighted by molar-refractivity contribution is 9.10. The Bertz CT molecular complexity index is 951. The van der Waals surface area contributed by atoms with Gasteiger partial charge in [-0.15, -0.1) is 0 Å². The van der Waals surface area contributed by atoms with Crippen LogP contribution < -0.4 is 0 Å². The van der Waals surface area contributed by atoms with E-state index in [2.05, 4.69) is 15.9 Å². The third-order valence-corrected chi connectivity index (χ3v) is 6.82. The fourth-order valence-corrected chi connectivity index (χ4v) is 4.84. The monoisotopic (exact) mass is 437 g/mol. The molecule has 2 aromatic rings. The summed E-state index contributed by atoms with van der Waals surface area (Å²) in [5, 5.41) is 9.15. The quantitative estimate of drug-likeness (QED) is 0.737. The first-order chi connectivity index (χ1) is 12.4. The molecule has 0 bridgehead atoms. The predicted octanol–water partition coefficient (Wildman–Crippen LogP) is 2.97. The fraction of sp³-hybridized carbons (Fsp3) is 0.278. The van der Waals surface area contributed by atoms with Crippen LogP contribution >= 0.6 is 15.9 Å². The average Bonchev–Trinajstić information content (AvgIpc) is 2.64. The zero-order valence-electron chi connectivity index (χ0n) is 13.9. The number of benzene rings is 2. The summed E-state index contributed by atoms with van der Waals surface area (Å²) in [6, 6.07) is 13.1. The molecule has 0 N–H and O–H groups in total. The lowest BCUT2D eigenvalue weighted by molar-refractivity contribution is 0.180. The maximum absolute atomic E-state index is 14.0. The molecule has 136 valence electrons. The van der Waals surface area contributed by atoms with E-state index >= 15 is 0 Å². The zero-order chi connectivity index (χ0) is 18.7. The van der Waals surface area contributed by atoms with Crippen LogP contribution in [-0.2, 0) is 16.6 Å². The summed E-state index contributed by atoms with van der Waals surface area (Å²) < 4.78 is 41.7. The van der Waals surface area contributed by atoms with Gasteiger partial charge in [0, 0.05) is 42.8 Å². The van der Waals surface area contributed by atoms with Crippen molar-refractivity contribution in [1.82, 2.24) is 9.21 Å². The maximum Gasteiger partial charge on any atom is 0.244 e. The van der Waals surface area contributed by atoms with Crippen LogP contribution in [0.15, 0.2) is 51.8 Å². The number of halogens is 2. The first-order valence-corrected chi connectivity index (χ1v) is 10.3. The van der Waals surface area contributed by atoms with Gasteiger partial charge in [0.05, 0.1) is 10.5 Å². The minimum atomic E-state index is -3.71. The minimum absolute atomic E-state index is 0.0369. The van der Waals surface area contributed by atoms with Gasteiger partial charge >= 0.3 is 0 Å². The first-order valence-electron chi connectivity index (χ1n) is 8.07. The third kappa shape index (κ3) is 3.96. The van der Waals surface area contributed by atoms with Gasteiger partial charge in [0.15, 0.2) is 0 Å². The molecular formula is C18H17BrFN3O2S.